The molecule has 2 saturated carbocycles. The fraction of sp³-hybridized carbons (Fsp3) is 0.368. The molecule has 0 radical (unpaired) electrons. The van der Waals surface area contributed by atoms with Crippen LogP contribution >= 0.6 is 0 Å². The molecule has 0 bridgehead atoms. The van der Waals surface area contributed by atoms with Crippen molar-refractivity contribution in [1.29, 1.82) is 0 Å². The van der Waals surface area contributed by atoms with Crippen LogP contribution in [0.1, 0.15) is 22.8 Å². The van der Waals surface area contributed by atoms with Gasteiger partial charge >= 0.3 is 0 Å². The highest BCUT2D eigenvalue weighted by Gasteiger charge is 2.71. The molecule has 5 rings (SSSR count). The van der Waals surface area contributed by atoms with E-state index >= 15 is 0 Å². The van der Waals surface area contributed by atoms with E-state index in [0.717, 1.165) is 0 Å². The zero-order valence-corrected chi connectivity index (χ0v) is 14.8. The van der Waals surface area contributed by atoms with Gasteiger partial charge in [-0.05, 0) is 24.5 Å². The van der Waals surface area contributed by atoms with Crippen LogP contribution in [-0.2, 0) is 0 Å². The fourth-order valence-corrected chi connectivity index (χ4v) is 4.48. The molecule has 2 fully saturated rings. The van der Waals surface area contributed by atoms with E-state index in [2.05, 4.69) is 20.3 Å². The first-order chi connectivity index (χ1) is 13.6. The number of imidazole rings is 1. The second-order valence-corrected chi connectivity index (χ2v) is 7.49. The molecule has 144 valence electrons. The van der Waals surface area contributed by atoms with Gasteiger partial charge < -0.3 is 25.2 Å². The third-order valence-electron chi connectivity index (χ3n) is 6.10. The van der Waals surface area contributed by atoms with Gasteiger partial charge in [0.05, 0.1) is 25.1 Å². The molecule has 9 nitrogen and oxygen atoms in total. The van der Waals surface area contributed by atoms with Crippen LogP contribution in [0.2, 0.25) is 0 Å². The molecule has 2 aliphatic rings. The van der Waals surface area contributed by atoms with Gasteiger partial charge in [-0.1, -0.05) is 18.2 Å². The van der Waals surface area contributed by atoms with Gasteiger partial charge in [0.1, 0.15) is 12.4 Å². The molecule has 2 heterocycles. The van der Waals surface area contributed by atoms with Gasteiger partial charge in [-0.3, -0.25) is 4.79 Å². The molecule has 0 aliphatic heterocycles. The van der Waals surface area contributed by atoms with E-state index in [1.165, 1.54) is 12.7 Å². The predicted molar refractivity (Wildman–Crippen MR) is 98.4 cm³/mol. The minimum atomic E-state index is -1.03. The zero-order valence-electron chi connectivity index (χ0n) is 14.8. The minimum absolute atomic E-state index is 0.0581. The van der Waals surface area contributed by atoms with Crippen molar-refractivity contribution in [2.45, 2.75) is 24.7 Å². The molecule has 4 N–H and O–H groups in total. The molecule has 3 aromatic rings. The van der Waals surface area contributed by atoms with Gasteiger partial charge in [-0.2, -0.15) is 0 Å². The van der Waals surface area contributed by atoms with Crippen molar-refractivity contribution in [3.63, 3.8) is 0 Å². The van der Waals surface area contributed by atoms with Crippen molar-refractivity contribution in [1.82, 2.24) is 19.5 Å². The van der Waals surface area contributed by atoms with Gasteiger partial charge in [0.2, 0.25) is 0 Å². The van der Waals surface area contributed by atoms with Crippen LogP contribution in [0.3, 0.4) is 0 Å². The summed E-state index contributed by atoms with van der Waals surface area (Å²) in [7, 11) is 0. The van der Waals surface area contributed by atoms with E-state index in [1.807, 2.05) is 6.07 Å². The van der Waals surface area contributed by atoms with Crippen LogP contribution in [0.5, 0.6) is 0 Å². The molecular formula is C19H19N5O4. The minimum Gasteiger partial charge on any atom is -0.396 e. The molecule has 9 heteroatoms. The van der Waals surface area contributed by atoms with Crippen LogP contribution < -0.4 is 5.32 Å². The third-order valence-corrected chi connectivity index (χ3v) is 6.10. The Bertz CT molecular complexity index is 1050. The molecule has 2 aromatic heterocycles. The van der Waals surface area contributed by atoms with Crippen LogP contribution in [0.25, 0.3) is 11.2 Å². The van der Waals surface area contributed by atoms with Crippen molar-refractivity contribution in [3.05, 3.63) is 48.5 Å². The number of hydrogen-bond acceptors (Lipinski definition) is 7. The summed E-state index contributed by atoms with van der Waals surface area (Å²) >= 11 is 0. The number of anilines is 1. The first-order valence-electron chi connectivity index (χ1n) is 9.08. The summed E-state index contributed by atoms with van der Waals surface area (Å²) in [5, 5.41) is 33.3. The molecule has 0 spiro atoms. The summed E-state index contributed by atoms with van der Waals surface area (Å²) in [6, 6.07) is 8.32. The Kier molecular flexibility index (Phi) is 3.73. The van der Waals surface area contributed by atoms with Crippen LogP contribution in [0.15, 0.2) is 43.0 Å². The largest absolute Gasteiger partial charge is 0.396 e. The third kappa shape index (κ3) is 2.30. The SMILES string of the molecule is O=C(Nc1ncnc2c1ncn2[C@H]1[C@H](O)[C@H](O)C2(CO)C[C@H]12)c1ccccc1. The molecule has 1 aromatic carbocycles. The number of aliphatic hydroxyl groups excluding tert-OH is 3. The summed E-state index contributed by atoms with van der Waals surface area (Å²) < 4.78 is 1.71. The highest BCUT2D eigenvalue weighted by Crippen LogP contribution is 2.67. The summed E-state index contributed by atoms with van der Waals surface area (Å²) in [5.74, 6) is -0.0972. The van der Waals surface area contributed by atoms with E-state index in [-0.39, 0.29) is 24.2 Å². The zero-order chi connectivity index (χ0) is 19.5. The number of hydrogen-bond donors (Lipinski definition) is 4. The van der Waals surface area contributed by atoms with Crippen molar-refractivity contribution in [2.24, 2.45) is 11.3 Å². The first-order valence-corrected chi connectivity index (χ1v) is 9.08. The smallest absolute Gasteiger partial charge is 0.256 e. The molecule has 2 aliphatic carbocycles. The second-order valence-electron chi connectivity index (χ2n) is 7.49. The molecule has 1 amide bonds. The van der Waals surface area contributed by atoms with Gasteiger partial charge in [0.25, 0.3) is 5.91 Å². The average molecular weight is 381 g/mol. The fourth-order valence-electron chi connectivity index (χ4n) is 4.48. The summed E-state index contributed by atoms with van der Waals surface area (Å²) in [4.78, 5) is 25.2. The van der Waals surface area contributed by atoms with Gasteiger partial charge in [0, 0.05) is 11.0 Å². The number of aromatic nitrogens is 4. The summed E-state index contributed by atoms with van der Waals surface area (Å²) in [6.45, 7) is -0.174. The Morgan fingerprint density at radius 1 is 1.21 bits per heavy atom. The number of carbonyl (C=O) groups excluding carboxylic acids is 1. The Morgan fingerprint density at radius 2 is 2.00 bits per heavy atom. The molecule has 1 unspecified atom stereocenters. The Labute approximate surface area is 159 Å². The van der Waals surface area contributed by atoms with Crippen LogP contribution in [-0.4, -0.2) is 59.6 Å². The van der Waals surface area contributed by atoms with Crippen molar-refractivity contribution >= 4 is 22.9 Å². The summed E-state index contributed by atoms with van der Waals surface area (Å²) in [5.41, 5.74) is 0.692. The number of aliphatic hydroxyl groups is 3. The van der Waals surface area contributed by atoms with Crippen LogP contribution in [0, 0.1) is 11.3 Å². The van der Waals surface area contributed by atoms with E-state index in [4.69, 9.17) is 0 Å². The highest BCUT2D eigenvalue weighted by molar-refractivity contribution is 6.06. The Morgan fingerprint density at radius 3 is 2.71 bits per heavy atom. The second kappa shape index (κ2) is 6.06. The van der Waals surface area contributed by atoms with Gasteiger partial charge in [-0.15, -0.1) is 0 Å². The normalized spacial score (nSPS) is 31.0. The van der Waals surface area contributed by atoms with Crippen LogP contribution in [0.4, 0.5) is 5.82 Å². The lowest BCUT2D eigenvalue weighted by atomic mass is 10.0. The van der Waals surface area contributed by atoms with Crippen molar-refractivity contribution < 1.29 is 20.1 Å². The lowest BCUT2D eigenvalue weighted by Gasteiger charge is -2.23. The number of fused-ring (bicyclic) bond motifs is 2. The molecule has 5 atom stereocenters. The van der Waals surface area contributed by atoms with E-state index in [1.54, 1.807) is 28.8 Å². The Balaban J connectivity index is 1.49. The monoisotopic (exact) mass is 381 g/mol. The van der Waals surface area contributed by atoms with Crippen molar-refractivity contribution in [2.75, 3.05) is 11.9 Å². The van der Waals surface area contributed by atoms with E-state index in [0.29, 0.717) is 23.1 Å². The van der Waals surface area contributed by atoms with E-state index in [9.17, 15) is 20.1 Å². The lowest BCUT2D eigenvalue weighted by Crippen LogP contribution is -2.35. The lowest BCUT2D eigenvalue weighted by molar-refractivity contribution is -0.0300. The topological polar surface area (TPSA) is 133 Å². The number of carbonyl (C=O) groups is 1. The van der Waals surface area contributed by atoms with E-state index < -0.39 is 23.7 Å². The predicted octanol–water partition coefficient (Wildman–Crippen LogP) is 0.354. The molecule has 0 saturated heterocycles. The summed E-state index contributed by atoms with van der Waals surface area (Å²) in [6.07, 6.45) is 1.47. The number of nitrogens with one attached hydrogen (secondary N) is 1. The molecule has 28 heavy (non-hydrogen) atoms. The highest BCUT2D eigenvalue weighted by atomic mass is 16.3. The number of nitrogens with zero attached hydrogens (tertiary/aromatic N) is 4. The van der Waals surface area contributed by atoms with Gasteiger partial charge in [-0.25, -0.2) is 15.0 Å². The maximum Gasteiger partial charge on any atom is 0.256 e. The quantitative estimate of drug-likeness (QED) is 0.512. The maximum absolute atomic E-state index is 12.4. The van der Waals surface area contributed by atoms with Gasteiger partial charge in [0.15, 0.2) is 17.0 Å². The first kappa shape index (κ1) is 17.2. The standard InChI is InChI=1S/C19H19N5O4/c25-7-19-6-11(19)13(14(26)15(19)27)24-9-22-12-16(20-8-21-17(12)24)23-18(28)10-4-2-1-3-5-10/h1-5,8-9,11,13-15,25-27H,6-7H2,(H,20,21,23,28)/t11-,13-,14+,15+,19?/m1/s1. The number of benzene rings is 1. The molecular weight excluding hydrogens is 362 g/mol. The number of rotatable bonds is 4. The Hall–Kier alpha value is -2.88. The number of amides is 1. The maximum atomic E-state index is 12.4. The van der Waals surface area contributed by atoms with Crippen molar-refractivity contribution in [3.8, 4) is 0 Å². The average Bonchev–Trinajstić information content (AvgIpc) is 3.23.